The van der Waals surface area contributed by atoms with Crippen LogP contribution in [0.3, 0.4) is 0 Å². The number of cyclic esters (lactones) is 1. The van der Waals surface area contributed by atoms with E-state index in [4.69, 9.17) is 4.74 Å². The standard InChI is InChI=1S/C54H95N7O13/c1-12-15-16-17-18-19-20-21-22-23-24-37-30-43(62)55-38(25-26-44(63)64)48(67)56-39(27-32(4)5)49(68)57-40(28-33(6)7)51(70)60-46(35(10)13-2)53(72)59-42(31-45(65)66)50(69)58-41(29-34(8)9)52(71)61-47(36(11)14-3)54(73)74-37/h32-42,46-47H,12-31H2,1-11H3,(H,55,62)(H,56,67)(H,57,68)(H,58,69)(H,59,72)(H,60,70)(H,61,71)(H,63,64)(H,65,66). The van der Waals surface area contributed by atoms with Gasteiger partial charge in [0.15, 0.2) is 0 Å². The van der Waals surface area contributed by atoms with Crippen LogP contribution in [0.4, 0.5) is 0 Å². The summed E-state index contributed by atoms with van der Waals surface area (Å²) in [4.78, 5) is 137. The molecule has 10 atom stereocenters. The maximum Gasteiger partial charge on any atom is 0.329 e. The van der Waals surface area contributed by atoms with Crippen LogP contribution in [-0.2, 0) is 52.7 Å². The molecule has 0 saturated carbocycles. The van der Waals surface area contributed by atoms with Crippen LogP contribution < -0.4 is 37.2 Å². The van der Waals surface area contributed by atoms with Gasteiger partial charge in [0, 0.05) is 6.42 Å². The molecule has 424 valence electrons. The number of carbonyl (C=O) groups excluding carboxylic acids is 8. The molecule has 0 aromatic rings. The van der Waals surface area contributed by atoms with Gasteiger partial charge in [-0.2, -0.15) is 0 Å². The number of unbranched alkanes of at least 4 members (excludes halogenated alkanes) is 9. The number of ether oxygens (including phenoxy) is 1. The zero-order chi connectivity index (χ0) is 56.1. The third kappa shape index (κ3) is 26.8. The largest absolute Gasteiger partial charge is 0.481 e. The average molecular weight is 1050 g/mol. The summed E-state index contributed by atoms with van der Waals surface area (Å²) in [7, 11) is 0. The van der Waals surface area contributed by atoms with Crippen LogP contribution in [0.15, 0.2) is 0 Å². The quantitative estimate of drug-likeness (QED) is 0.0378. The number of nitrogens with one attached hydrogen (secondary N) is 7. The van der Waals surface area contributed by atoms with Gasteiger partial charge in [-0.05, 0) is 68.1 Å². The second-order valence-electron chi connectivity index (χ2n) is 21.8. The molecule has 1 aliphatic heterocycles. The van der Waals surface area contributed by atoms with Crippen molar-refractivity contribution in [3.8, 4) is 0 Å². The van der Waals surface area contributed by atoms with E-state index in [9.17, 15) is 58.2 Å². The maximum absolute atomic E-state index is 14.3. The Balaban J connectivity index is 3.99. The van der Waals surface area contributed by atoms with Crippen molar-refractivity contribution in [2.45, 2.75) is 253 Å². The van der Waals surface area contributed by atoms with Gasteiger partial charge in [-0.3, -0.25) is 43.2 Å². The van der Waals surface area contributed by atoms with E-state index in [1.165, 1.54) is 19.3 Å². The Kier molecular flexibility index (Phi) is 32.3. The smallest absolute Gasteiger partial charge is 0.329 e. The third-order valence-corrected chi connectivity index (χ3v) is 13.5. The Hall–Kier alpha value is -5.30. The second kappa shape index (κ2) is 35.8. The molecule has 20 heteroatoms. The number of aliphatic carboxylic acids is 2. The Morgan fingerprint density at radius 2 is 0.865 bits per heavy atom. The minimum absolute atomic E-state index is 0.0400. The van der Waals surface area contributed by atoms with E-state index in [-0.39, 0.29) is 49.9 Å². The predicted octanol–water partition coefficient (Wildman–Crippen LogP) is 5.58. The van der Waals surface area contributed by atoms with E-state index in [2.05, 4.69) is 44.1 Å². The molecule has 1 rings (SSSR count). The van der Waals surface area contributed by atoms with Gasteiger partial charge in [-0.1, -0.05) is 147 Å². The predicted molar refractivity (Wildman–Crippen MR) is 281 cm³/mol. The van der Waals surface area contributed by atoms with E-state index in [0.717, 1.165) is 38.5 Å². The third-order valence-electron chi connectivity index (χ3n) is 13.5. The first-order valence-electron chi connectivity index (χ1n) is 27.6. The van der Waals surface area contributed by atoms with Gasteiger partial charge in [0.25, 0.3) is 0 Å². The van der Waals surface area contributed by atoms with Gasteiger partial charge in [-0.15, -0.1) is 0 Å². The van der Waals surface area contributed by atoms with Crippen LogP contribution in [0.2, 0.25) is 0 Å². The lowest BCUT2D eigenvalue weighted by atomic mass is 9.95. The molecule has 9 N–H and O–H groups in total. The molecule has 0 aliphatic carbocycles. The van der Waals surface area contributed by atoms with Crippen molar-refractivity contribution < 1.29 is 62.9 Å². The number of carbonyl (C=O) groups is 10. The van der Waals surface area contributed by atoms with Crippen molar-refractivity contribution in [3.05, 3.63) is 0 Å². The molecule has 1 saturated heterocycles. The van der Waals surface area contributed by atoms with E-state index >= 15 is 0 Å². The monoisotopic (exact) mass is 1050 g/mol. The first kappa shape index (κ1) is 66.7. The summed E-state index contributed by atoms with van der Waals surface area (Å²) < 4.78 is 6.07. The Morgan fingerprint density at radius 3 is 1.30 bits per heavy atom. The summed E-state index contributed by atoms with van der Waals surface area (Å²) in [6.45, 7) is 19.9. The van der Waals surface area contributed by atoms with E-state index in [0.29, 0.717) is 19.3 Å². The highest BCUT2D eigenvalue weighted by Crippen LogP contribution is 2.20. The molecule has 0 radical (unpaired) electrons. The highest BCUT2D eigenvalue weighted by atomic mass is 16.5. The molecule has 10 unspecified atom stereocenters. The summed E-state index contributed by atoms with van der Waals surface area (Å²) in [5.41, 5.74) is 0. The average Bonchev–Trinajstić information content (AvgIpc) is 3.31. The van der Waals surface area contributed by atoms with Crippen molar-refractivity contribution in [1.82, 2.24) is 37.2 Å². The van der Waals surface area contributed by atoms with Crippen molar-refractivity contribution in [2.75, 3.05) is 0 Å². The van der Waals surface area contributed by atoms with Gasteiger partial charge < -0.3 is 52.2 Å². The van der Waals surface area contributed by atoms with Crippen molar-refractivity contribution >= 4 is 59.3 Å². The minimum atomic E-state index is -1.72. The number of hydrogen-bond acceptors (Lipinski definition) is 11. The van der Waals surface area contributed by atoms with Crippen molar-refractivity contribution in [2.24, 2.45) is 29.6 Å². The molecule has 1 fully saturated rings. The van der Waals surface area contributed by atoms with Crippen molar-refractivity contribution in [3.63, 3.8) is 0 Å². The summed E-state index contributed by atoms with van der Waals surface area (Å²) in [6.07, 6.45) is 8.16. The zero-order valence-corrected chi connectivity index (χ0v) is 46.5. The fraction of sp³-hybridized carbons (Fsp3) is 0.815. The molecule has 0 aromatic carbocycles. The summed E-state index contributed by atoms with van der Waals surface area (Å²) >= 11 is 0. The number of carboxylic acids is 2. The SMILES string of the molecule is CCCCCCCCCCCCC1CC(=O)NC(CCC(=O)O)C(=O)NC(CC(C)C)C(=O)NC(CC(C)C)C(=O)NC(C(C)CC)C(=O)NC(CC(=O)O)C(=O)NC(CC(C)C)C(=O)NC(C(C)CC)C(=O)O1. The summed E-state index contributed by atoms with van der Waals surface area (Å²) in [5.74, 6) is -11.0. The van der Waals surface area contributed by atoms with Crippen LogP contribution >= 0.6 is 0 Å². The maximum atomic E-state index is 14.3. The molecular formula is C54H95N7O13. The topological polar surface area (TPSA) is 305 Å². The van der Waals surface area contributed by atoms with Gasteiger partial charge >= 0.3 is 17.9 Å². The molecule has 0 spiro atoms. The van der Waals surface area contributed by atoms with Gasteiger partial charge in [0.2, 0.25) is 41.4 Å². The molecule has 0 bridgehead atoms. The Bertz CT molecular complexity index is 1810. The van der Waals surface area contributed by atoms with Crippen LogP contribution in [-0.4, -0.2) is 118 Å². The Labute approximate surface area is 440 Å². The highest BCUT2D eigenvalue weighted by Gasteiger charge is 2.38. The van der Waals surface area contributed by atoms with E-state index < -0.39 is 139 Å². The molecule has 0 aromatic heterocycles. The molecule has 7 amide bonds. The Morgan fingerprint density at radius 1 is 0.473 bits per heavy atom. The first-order valence-corrected chi connectivity index (χ1v) is 27.6. The van der Waals surface area contributed by atoms with Crippen LogP contribution in [0, 0.1) is 29.6 Å². The van der Waals surface area contributed by atoms with Crippen LogP contribution in [0.25, 0.3) is 0 Å². The van der Waals surface area contributed by atoms with Crippen LogP contribution in [0.1, 0.15) is 205 Å². The van der Waals surface area contributed by atoms with Gasteiger partial charge in [0.05, 0.1) is 12.8 Å². The molecule has 1 aliphatic rings. The fourth-order valence-corrected chi connectivity index (χ4v) is 8.75. The molecular weight excluding hydrogens is 955 g/mol. The zero-order valence-electron chi connectivity index (χ0n) is 46.5. The normalized spacial score (nSPS) is 24.5. The molecule has 1 heterocycles. The second-order valence-corrected chi connectivity index (χ2v) is 21.8. The molecule has 74 heavy (non-hydrogen) atoms. The fourth-order valence-electron chi connectivity index (χ4n) is 8.75. The summed E-state index contributed by atoms with van der Waals surface area (Å²) in [6, 6.07) is -9.64. The number of amides is 7. The summed E-state index contributed by atoms with van der Waals surface area (Å²) in [5, 5.41) is 38.1. The lowest BCUT2D eigenvalue weighted by molar-refractivity contribution is -0.156. The van der Waals surface area contributed by atoms with E-state index in [1.54, 1.807) is 55.4 Å². The van der Waals surface area contributed by atoms with E-state index in [1.807, 2.05) is 13.8 Å². The number of rotatable bonds is 26. The lowest BCUT2D eigenvalue weighted by Crippen LogP contribution is -2.61. The lowest BCUT2D eigenvalue weighted by Gasteiger charge is -2.30. The minimum Gasteiger partial charge on any atom is -0.481 e. The number of carboxylic acid groups (broad SMARTS) is 2. The van der Waals surface area contributed by atoms with Crippen molar-refractivity contribution in [1.29, 1.82) is 0 Å². The number of esters is 1. The van der Waals surface area contributed by atoms with Gasteiger partial charge in [0.1, 0.15) is 48.4 Å². The highest BCUT2D eigenvalue weighted by molar-refractivity contribution is 5.98. The number of hydrogen-bond donors (Lipinski definition) is 9. The first-order chi connectivity index (χ1) is 34.8. The molecule has 20 nitrogen and oxygen atoms in total. The van der Waals surface area contributed by atoms with Crippen LogP contribution in [0.5, 0.6) is 0 Å². The van der Waals surface area contributed by atoms with Gasteiger partial charge in [-0.25, -0.2) is 4.79 Å².